The van der Waals surface area contributed by atoms with Crippen LogP contribution in [0.5, 0.6) is 0 Å². The van der Waals surface area contributed by atoms with Crippen molar-refractivity contribution in [3.8, 4) is 12.3 Å². The van der Waals surface area contributed by atoms with E-state index in [4.69, 9.17) is 11.2 Å². The molecule has 0 aromatic carbocycles. The van der Waals surface area contributed by atoms with Gasteiger partial charge in [0.2, 0.25) is 0 Å². The Morgan fingerprint density at radius 3 is 3.08 bits per heavy atom. The molecule has 74 valence electrons. The van der Waals surface area contributed by atoms with E-state index in [9.17, 15) is 5.11 Å². The predicted octanol–water partition coefficient (Wildman–Crippen LogP) is 0.141. The SMILES string of the molecule is C#CCCCNCC1(O)CCOC1. The van der Waals surface area contributed by atoms with Gasteiger partial charge in [-0.1, -0.05) is 0 Å². The largest absolute Gasteiger partial charge is 0.386 e. The second-order valence-electron chi connectivity index (χ2n) is 3.51. The summed E-state index contributed by atoms with van der Waals surface area (Å²) in [6.45, 7) is 2.60. The third-order valence-corrected chi connectivity index (χ3v) is 2.21. The molecule has 0 aromatic rings. The average molecular weight is 183 g/mol. The predicted molar refractivity (Wildman–Crippen MR) is 51.3 cm³/mol. The van der Waals surface area contributed by atoms with Crippen molar-refractivity contribution < 1.29 is 9.84 Å². The maximum atomic E-state index is 9.82. The zero-order valence-electron chi connectivity index (χ0n) is 7.88. The van der Waals surface area contributed by atoms with Gasteiger partial charge in [0.15, 0.2) is 0 Å². The Morgan fingerprint density at radius 2 is 2.46 bits per heavy atom. The van der Waals surface area contributed by atoms with Gasteiger partial charge >= 0.3 is 0 Å². The van der Waals surface area contributed by atoms with Crippen molar-refractivity contribution in [2.45, 2.75) is 24.9 Å². The monoisotopic (exact) mass is 183 g/mol. The number of rotatable bonds is 5. The summed E-state index contributed by atoms with van der Waals surface area (Å²) in [5.74, 6) is 2.58. The first kappa shape index (κ1) is 10.5. The Labute approximate surface area is 79.5 Å². The van der Waals surface area contributed by atoms with Gasteiger partial charge in [-0.2, -0.15) is 0 Å². The highest BCUT2D eigenvalue weighted by molar-refractivity contribution is 4.86. The van der Waals surface area contributed by atoms with E-state index in [1.54, 1.807) is 0 Å². The van der Waals surface area contributed by atoms with Crippen LogP contribution in [0.4, 0.5) is 0 Å². The van der Waals surface area contributed by atoms with E-state index in [-0.39, 0.29) is 0 Å². The number of hydrogen-bond donors (Lipinski definition) is 2. The summed E-state index contributed by atoms with van der Waals surface area (Å²) in [4.78, 5) is 0. The summed E-state index contributed by atoms with van der Waals surface area (Å²) in [7, 11) is 0. The van der Waals surface area contributed by atoms with Gasteiger partial charge in [-0.05, 0) is 13.0 Å². The zero-order chi connectivity index (χ0) is 9.57. The minimum absolute atomic E-state index is 0.454. The van der Waals surface area contributed by atoms with Crippen LogP contribution >= 0.6 is 0 Å². The number of ether oxygens (including phenoxy) is 1. The molecule has 1 heterocycles. The van der Waals surface area contributed by atoms with Crippen LogP contribution in [0.3, 0.4) is 0 Å². The van der Waals surface area contributed by atoms with Crippen molar-refractivity contribution in [3.63, 3.8) is 0 Å². The maximum absolute atomic E-state index is 9.82. The van der Waals surface area contributed by atoms with E-state index in [0.717, 1.165) is 25.8 Å². The van der Waals surface area contributed by atoms with Crippen LogP contribution in [0, 0.1) is 12.3 Å². The first-order chi connectivity index (χ1) is 6.27. The van der Waals surface area contributed by atoms with Crippen LogP contribution in [0.1, 0.15) is 19.3 Å². The van der Waals surface area contributed by atoms with Crippen LogP contribution in [0.15, 0.2) is 0 Å². The molecule has 0 radical (unpaired) electrons. The lowest BCUT2D eigenvalue weighted by Crippen LogP contribution is -2.41. The molecule has 1 aliphatic heterocycles. The topological polar surface area (TPSA) is 41.5 Å². The lowest BCUT2D eigenvalue weighted by Gasteiger charge is -2.20. The molecule has 3 nitrogen and oxygen atoms in total. The summed E-state index contributed by atoms with van der Waals surface area (Å²) < 4.78 is 5.12. The number of unbranched alkanes of at least 4 members (excludes halogenated alkanes) is 1. The minimum Gasteiger partial charge on any atom is -0.386 e. The van der Waals surface area contributed by atoms with Crippen molar-refractivity contribution in [1.82, 2.24) is 5.32 Å². The molecule has 1 atom stereocenters. The first-order valence-electron chi connectivity index (χ1n) is 4.71. The Morgan fingerprint density at radius 1 is 1.62 bits per heavy atom. The fraction of sp³-hybridized carbons (Fsp3) is 0.800. The third-order valence-electron chi connectivity index (χ3n) is 2.21. The molecule has 1 aliphatic rings. The molecule has 0 amide bonds. The van der Waals surface area contributed by atoms with Crippen molar-refractivity contribution in [3.05, 3.63) is 0 Å². The number of nitrogens with one attached hydrogen (secondary N) is 1. The zero-order valence-corrected chi connectivity index (χ0v) is 7.88. The second kappa shape index (κ2) is 5.23. The van der Waals surface area contributed by atoms with Gasteiger partial charge in [-0.25, -0.2) is 0 Å². The molecule has 2 N–H and O–H groups in total. The van der Waals surface area contributed by atoms with E-state index >= 15 is 0 Å². The molecule has 0 aromatic heterocycles. The Hall–Kier alpha value is -0.560. The second-order valence-corrected chi connectivity index (χ2v) is 3.51. The van der Waals surface area contributed by atoms with Crippen molar-refractivity contribution in [2.75, 3.05) is 26.3 Å². The Kier molecular flexibility index (Phi) is 4.23. The van der Waals surface area contributed by atoms with E-state index in [0.29, 0.717) is 19.8 Å². The smallest absolute Gasteiger partial charge is 0.102 e. The van der Waals surface area contributed by atoms with Crippen LogP contribution in [0.25, 0.3) is 0 Å². The molecule has 0 aliphatic carbocycles. The quantitative estimate of drug-likeness (QED) is 0.470. The highest BCUT2D eigenvalue weighted by atomic mass is 16.5. The van der Waals surface area contributed by atoms with Gasteiger partial charge in [-0.15, -0.1) is 12.3 Å². The lowest BCUT2D eigenvalue weighted by atomic mass is 10.0. The summed E-state index contributed by atoms with van der Waals surface area (Å²) in [5, 5.41) is 13.0. The Bertz CT molecular complexity index is 180. The van der Waals surface area contributed by atoms with Crippen LogP contribution < -0.4 is 5.32 Å². The molecule has 0 bridgehead atoms. The molecule has 1 fully saturated rings. The summed E-state index contributed by atoms with van der Waals surface area (Å²) >= 11 is 0. The number of terminal acetylenes is 1. The van der Waals surface area contributed by atoms with Gasteiger partial charge in [0.25, 0.3) is 0 Å². The van der Waals surface area contributed by atoms with Gasteiger partial charge in [-0.3, -0.25) is 0 Å². The van der Waals surface area contributed by atoms with Crippen molar-refractivity contribution in [1.29, 1.82) is 0 Å². The molecule has 1 rings (SSSR count). The summed E-state index contributed by atoms with van der Waals surface area (Å²) in [6, 6.07) is 0. The van der Waals surface area contributed by atoms with Crippen molar-refractivity contribution >= 4 is 0 Å². The Balaban J connectivity index is 2.02. The van der Waals surface area contributed by atoms with Gasteiger partial charge < -0.3 is 15.2 Å². The average Bonchev–Trinajstić information content (AvgIpc) is 2.53. The molecular weight excluding hydrogens is 166 g/mol. The van der Waals surface area contributed by atoms with E-state index < -0.39 is 5.60 Å². The van der Waals surface area contributed by atoms with Crippen LogP contribution in [0.2, 0.25) is 0 Å². The fourth-order valence-electron chi connectivity index (χ4n) is 1.37. The molecule has 13 heavy (non-hydrogen) atoms. The standard InChI is InChI=1S/C10H17NO2/c1-2-3-4-6-11-8-10(12)5-7-13-9-10/h1,11-12H,3-9H2. The lowest BCUT2D eigenvalue weighted by molar-refractivity contribution is 0.0272. The molecule has 3 heteroatoms. The molecule has 1 saturated heterocycles. The summed E-state index contributed by atoms with van der Waals surface area (Å²) in [6.07, 6.45) is 7.60. The first-order valence-corrected chi connectivity index (χ1v) is 4.71. The third kappa shape index (κ3) is 3.77. The van der Waals surface area contributed by atoms with Crippen molar-refractivity contribution in [2.24, 2.45) is 0 Å². The molecular formula is C10H17NO2. The van der Waals surface area contributed by atoms with Gasteiger partial charge in [0.1, 0.15) is 5.60 Å². The fourth-order valence-corrected chi connectivity index (χ4v) is 1.37. The number of aliphatic hydroxyl groups is 1. The van der Waals surface area contributed by atoms with E-state index in [2.05, 4.69) is 11.2 Å². The van der Waals surface area contributed by atoms with Crippen LogP contribution in [-0.4, -0.2) is 37.0 Å². The highest BCUT2D eigenvalue weighted by Crippen LogP contribution is 2.16. The van der Waals surface area contributed by atoms with Gasteiger partial charge in [0, 0.05) is 26.0 Å². The maximum Gasteiger partial charge on any atom is 0.102 e. The minimum atomic E-state index is -0.643. The number of hydrogen-bond acceptors (Lipinski definition) is 3. The van der Waals surface area contributed by atoms with E-state index in [1.807, 2.05) is 0 Å². The van der Waals surface area contributed by atoms with Gasteiger partial charge in [0.05, 0.1) is 6.61 Å². The van der Waals surface area contributed by atoms with E-state index in [1.165, 1.54) is 0 Å². The van der Waals surface area contributed by atoms with Crippen LogP contribution in [-0.2, 0) is 4.74 Å². The normalized spacial score (nSPS) is 27.4. The molecule has 1 unspecified atom stereocenters. The molecule has 0 spiro atoms. The highest BCUT2D eigenvalue weighted by Gasteiger charge is 2.31. The summed E-state index contributed by atoms with van der Waals surface area (Å²) in [5.41, 5.74) is -0.643. The molecule has 0 saturated carbocycles.